The van der Waals surface area contributed by atoms with Crippen LogP contribution in [0.3, 0.4) is 0 Å². The van der Waals surface area contributed by atoms with Gasteiger partial charge in [0.05, 0.1) is 39.9 Å². The number of hydrogen-bond acceptors (Lipinski definition) is 11. The number of aromatic amines is 1. The Morgan fingerprint density at radius 2 is 1.35 bits per heavy atom. The Morgan fingerprint density at radius 3 is 1.94 bits per heavy atom. The summed E-state index contributed by atoms with van der Waals surface area (Å²) in [6.45, 7) is 8.26. The molecule has 13 nitrogen and oxygen atoms in total. The molecule has 0 bridgehead atoms. The SMILES string of the molecule is COc1ccc(C(OC[C@H]2O[C@@H](n3ccc(=O)[nH]c3=O)[C@H](Oc3ccc4ccccc4c3)[C@@H]2OP(OCCC#N)N(C(C)C)C(C)C)(c2ccccc2)c2ccc(OC)cc2)cc1. The molecule has 5 atom stereocenters. The van der Waals surface area contributed by atoms with E-state index in [1.165, 1.54) is 16.8 Å². The molecule has 0 saturated carbocycles. The molecule has 7 rings (SSSR count). The molecular weight excluding hydrogens is 820 g/mol. The fourth-order valence-electron chi connectivity index (χ4n) is 8.02. The van der Waals surface area contributed by atoms with Gasteiger partial charge in [-0.05, 0) is 91.6 Å². The van der Waals surface area contributed by atoms with Gasteiger partial charge in [-0.1, -0.05) is 84.9 Å². The molecule has 328 valence electrons. The number of hydrogen-bond donors (Lipinski definition) is 1. The summed E-state index contributed by atoms with van der Waals surface area (Å²) in [7, 11) is 1.37. The first-order chi connectivity index (χ1) is 30.6. The van der Waals surface area contributed by atoms with Crippen LogP contribution in [0, 0.1) is 11.3 Å². The molecule has 0 aliphatic carbocycles. The first-order valence-corrected chi connectivity index (χ1v) is 22.0. The fourth-order valence-corrected chi connectivity index (χ4v) is 9.79. The van der Waals surface area contributed by atoms with Crippen LogP contribution in [0.5, 0.6) is 17.2 Å². The Hall–Kier alpha value is -5.84. The predicted octanol–water partition coefficient (Wildman–Crippen LogP) is 8.72. The lowest BCUT2D eigenvalue weighted by Crippen LogP contribution is -2.44. The van der Waals surface area contributed by atoms with E-state index in [2.05, 4.69) is 43.4 Å². The number of nitrogens with zero attached hydrogens (tertiary/aromatic N) is 3. The van der Waals surface area contributed by atoms with Crippen molar-refractivity contribution in [1.29, 1.82) is 5.26 Å². The highest BCUT2D eigenvalue weighted by Crippen LogP contribution is 2.51. The van der Waals surface area contributed by atoms with Gasteiger partial charge in [0.15, 0.2) is 12.3 Å². The summed E-state index contributed by atoms with van der Waals surface area (Å²) < 4.78 is 49.5. The third-order valence-corrected chi connectivity index (χ3v) is 13.0. The molecule has 1 unspecified atom stereocenters. The number of ether oxygens (including phenoxy) is 5. The van der Waals surface area contributed by atoms with Gasteiger partial charge in [-0.15, -0.1) is 0 Å². The van der Waals surface area contributed by atoms with Crippen LogP contribution < -0.4 is 25.5 Å². The molecule has 14 heteroatoms. The third kappa shape index (κ3) is 10.0. The van der Waals surface area contributed by atoms with Crippen LogP contribution in [0.25, 0.3) is 10.8 Å². The number of methoxy groups -OCH3 is 2. The zero-order valence-corrected chi connectivity index (χ0v) is 37.1. The monoisotopic (exact) mass is 872 g/mol. The number of rotatable bonds is 19. The molecule has 2 heterocycles. The fraction of sp³-hybridized carbons (Fsp3) is 0.327. The molecule has 63 heavy (non-hydrogen) atoms. The topological polar surface area (TPSA) is 147 Å². The highest BCUT2D eigenvalue weighted by Gasteiger charge is 2.52. The predicted molar refractivity (Wildman–Crippen MR) is 242 cm³/mol. The van der Waals surface area contributed by atoms with Crippen molar-refractivity contribution in [3.8, 4) is 23.3 Å². The van der Waals surface area contributed by atoms with Gasteiger partial charge in [0.2, 0.25) is 0 Å². The number of benzene rings is 5. The van der Waals surface area contributed by atoms with Crippen LogP contribution in [0.1, 0.15) is 57.0 Å². The average molecular weight is 873 g/mol. The van der Waals surface area contributed by atoms with Crippen LogP contribution in [0.15, 0.2) is 143 Å². The highest BCUT2D eigenvalue weighted by molar-refractivity contribution is 7.44. The molecule has 1 aliphatic heterocycles. The molecule has 0 radical (unpaired) electrons. The Bertz CT molecular complexity index is 2520. The van der Waals surface area contributed by atoms with E-state index in [9.17, 15) is 14.9 Å². The van der Waals surface area contributed by atoms with E-state index >= 15 is 0 Å². The van der Waals surface area contributed by atoms with Crippen molar-refractivity contribution in [1.82, 2.24) is 14.2 Å². The smallest absolute Gasteiger partial charge is 0.330 e. The second-order valence-corrected chi connectivity index (χ2v) is 17.0. The second kappa shape index (κ2) is 20.6. The van der Waals surface area contributed by atoms with Crippen molar-refractivity contribution in [3.05, 3.63) is 171 Å². The third-order valence-electron chi connectivity index (χ3n) is 10.9. The molecule has 1 N–H and O–H groups in total. The molecule has 1 aromatic heterocycles. The normalized spacial score (nSPS) is 18.2. The molecule has 0 spiro atoms. The molecule has 6 aromatic rings. The Labute approximate surface area is 368 Å². The standard InChI is InChI=1S/C49H53N4O9P/c1-33(2)53(34(3)4)63(59-30-12-28-50)62-45-43(61-47(52-29-27-44(54)51-48(52)55)46(45)60-42-22-17-35-13-10-11-14-36(35)31-42)32-58-49(37-15-8-7-9-16-37,38-18-23-40(56-5)24-19-38)39-20-25-41(57-6)26-21-39/h7-11,13-27,29,31,33-34,43,45-47H,12,30,32H2,1-6H3,(H,51,54,55)/t43-,45-,46-,47-,63?/m1/s1. The van der Waals surface area contributed by atoms with Gasteiger partial charge in [0.1, 0.15) is 35.1 Å². The van der Waals surface area contributed by atoms with E-state index in [1.807, 2.05) is 121 Å². The van der Waals surface area contributed by atoms with Crippen LogP contribution in [-0.4, -0.2) is 72.1 Å². The Kier molecular flexibility index (Phi) is 14.7. The number of nitriles is 1. The highest BCUT2D eigenvalue weighted by atomic mass is 31.2. The Morgan fingerprint density at radius 1 is 0.762 bits per heavy atom. The van der Waals surface area contributed by atoms with E-state index in [-0.39, 0.29) is 31.7 Å². The van der Waals surface area contributed by atoms with Gasteiger partial charge in [0, 0.05) is 24.3 Å². The summed E-state index contributed by atoms with van der Waals surface area (Å²) in [5.41, 5.74) is -0.0274. The lowest BCUT2D eigenvalue weighted by atomic mass is 9.80. The van der Waals surface area contributed by atoms with Crippen LogP contribution in [0.2, 0.25) is 0 Å². The summed E-state index contributed by atoms with van der Waals surface area (Å²) in [5.74, 6) is 1.86. The lowest BCUT2D eigenvalue weighted by Gasteiger charge is -2.39. The quantitative estimate of drug-likeness (QED) is 0.0474. The summed E-state index contributed by atoms with van der Waals surface area (Å²) in [6, 6.07) is 42.4. The molecule has 1 fully saturated rings. The Balaban J connectivity index is 1.40. The van der Waals surface area contributed by atoms with Crippen molar-refractivity contribution in [2.75, 3.05) is 27.4 Å². The maximum absolute atomic E-state index is 13.7. The minimum atomic E-state index is -1.87. The average Bonchev–Trinajstić information content (AvgIpc) is 3.62. The van der Waals surface area contributed by atoms with Crippen LogP contribution in [0.4, 0.5) is 0 Å². The van der Waals surface area contributed by atoms with Crippen LogP contribution >= 0.6 is 8.53 Å². The summed E-state index contributed by atoms with van der Waals surface area (Å²) in [5, 5.41) is 11.5. The molecule has 1 aliphatic rings. The van der Waals surface area contributed by atoms with E-state index < -0.39 is 49.9 Å². The zero-order chi connectivity index (χ0) is 44.5. The van der Waals surface area contributed by atoms with Gasteiger partial charge in [-0.25, -0.2) is 9.46 Å². The summed E-state index contributed by atoms with van der Waals surface area (Å²) in [4.78, 5) is 28.5. The minimum absolute atomic E-state index is 0.0245. The minimum Gasteiger partial charge on any atom is -0.497 e. The second-order valence-electron chi connectivity index (χ2n) is 15.6. The summed E-state index contributed by atoms with van der Waals surface area (Å²) >= 11 is 0. The van der Waals surface area contributed by atoms with Crippen molar-refractivity contribution in [3.63, 3.8) is 0 Å². The molecule has 0 amide bonds. The van der Waals surface area contributed by atoms with Gasteiger partial charge >= 0.3 is 5.69 Å². The first-order valence-electron chi connectivity index (χ1n) is 20.9. The van der Waals surface area contributed by atoms with E-state index in [0.29, 0.717) is 17.2 Å². The lowest BCUT2D eigenvalue weighted by molar-refractivity contribution is -0.0941. The number of fused-ring (bicyclic) bond motifs is 1. The van der Waals surface area contributed by atoms with Crippen molar-refractivity contribution in [2.45, 2.75) is 76.3 Å². The molecule has 5 aromatic carbocycles. The summed E-state index contributed by atoms with van der Waals surface area (Å²) in [6.07, 6.45) is -2.43. The van der Waals surface area contributed by atoms with Crippen molar-refractivity contribution < 1.29 is 32.7 Å². The van der Waals surface area contributed by atoms with Gasteiger partial charge < -0.3 is 32.7 Å². The zero-order valence-electron chi connectivity index (χ0n) is 36.3. The number of aromatic nitrogens is 2. The van der Waals surface area contributed by atoms with E-state index in [0.717, 1.165) is 27.5 Å². The van der Waals surface area contributed by atoms with Crippen molar-refractivity contribution >= 4 is 19.3 Å². The molecular formula is C49H53N4O9P. The van der Waals surface area contributed by atoms with Gasteiger partial charge in [-0.3, -0.25) is 14.3 Å². The van der Waals surface area contributed by atoms with Gasteiger partial charge in [0.25, 0.3) is 14.1 Å². The van der Waals surface area contributed by atoms with Gasteiger partial charge in [-0.2, -0.15) is 5.26 Å². The first kappa shape index (κ1) is 45.2. The number of nitrogens with one attached hydrogen (secondary N) is 1. The largest absolute Gasteiger partial charge is 0.497 e. The van der Waals surface area contributed by atoms with E-state index in [1.54, 1.807) is 14.2 Å². The maximum atomic E-state index is 13.7. The maximum Gasteiger partial charge on any atom is 0.330 e. The van der Waals surface area contributed by atoms with Crippen LogP contribution in [-0.2, 0) is 24.1 Å². The number of H-pyrrole nitrogens is 1. The molecule has 1 saturated heterocycles. The van der Waals surface area contributed by atoms with E-state index in [4.69, 9.17) is 32.7 Å². The van der Waals surface area contributed by atoms with Crippen molar-refractivity contribution in [2.24, 2.45) is 0 Å².